The van der Waals surface area contributed by atoms with Crippen molar-refractivity contribution < 1.29 is 9.47 Å². The molecule has 0 amide bonds. The zero-order valence-electron chi connectivity index (χ0n) is 42.6. The van der Waals surface area contributed by atoms with Crippen LogP contribution < -0.4 is 9.47 Å². The van der Waals surface area contributed by atoms with E-state index in [2.05, 4.69) is 135 Å². The predicted molar refractivity (Wildman–Crippen MR) is 279 cm³/mol. The van der Waals surface area contributed by atoms with Gasteiger partial charge in [-0.25, -0.2) is 0 Å². The molecule has 0 fully saturated rings. The summed E-state index contributed by atoms with van der Waals surface area (Å²) < 4.78 is 11.9. The molecule has 4 aromatic rings. The van der Waals surface area contributed by atoms with Crippen LogP contribution in [0.3, 0.4) is 0 Å². The van der Waals surface area contributed by atoms with Gasteiger partial charge in [-0.1, -0.05) is 202 Å². The Kier molecular flexibility index (Phi) is 31.9. The van der Waals surface area contributed by atoms with Crippen LogP contribution in [0.15, 0.2) is 72.8 Å². The van der Waals surface area contributed by atoms with E-state index in [1.165, 1.54) is 173 Å². The first-order chi connectivity index (χ1) is 32.0. The van der Waals surface area contributed by atoms with Gasteiger partial charge in [0.05, 0.1) is 36.0 Å². The SMILES string of the molecule is CCCCCCCCCCCCOc1ccc(-c2ccc(C(C)CCCCCC)nn2)cc1.CCCCCCCCCCCOc1ccc(-c2ccc(C(C)CCCCCC)nn2)cc1. The summed E-state index contributed by atoms with van der Waals surface area (Å²) in [7, 11) is 0. The highest BCUT2D eigenvalue weighted by atomic mass is 16.5. The summed E-state index contributed by atoms with van der Waals surface area (Å²) in [5.41, 5.74) is 6.25. The van der Waals surface area contributed by atoms with Crippen LogP contribution in [0.4, 0.5) is 0 Å². The Morgan fingerprint density at radius 2 is 0.615 bits per heavy atom. The van der Waals surface area contributed by atoms with Gasteiger partial charge in [0.15, 0.2) is 0 Å². The van der Waals surface area contributed by atoms with Crippen LogP contribution in [0.1, 0.15) is 251 Å². The Hall–Kier alpha value is -3.80. The molecule has 2 heterocycles. The average Bonchev–Trinajstić information content (AvgIpc) is 3.34. The minimum absolute atomic E-state index is 0.477. The van der Waals surface area contributed by atoms with Crippen molar-refractivity contribution in [3.63, 3.8) is 0 Å². The molecule has 0 bridgehead atoms. The van der Waals surface area contributed by atoms with Gasteiger partial charge in [0.2, 0.25) is 0 Å². The van der Waals surface area contributed by atoms with Crippen LogP contribution in [0.2, 0.25) is 0 Å². The third-order valence-electron chi connectivity index (χ3n) is 12.9. The van der Waals surface area contributed by atoms with E-state index < -0.39 is 0 Å². The fourth-order valence-electron chi connectivity index (χ4n) is 8.40. The first-order valence-corrected chi connectivity index (χ1v) is 27.1. The number of hydrogen-bond donors (Lipinski definition) is 0. The maximum Gasteiger partial charge on any atom is 0.119 e. The molecule has 0 aliphatic rings. The van der Waals surface area contributed by atoms with Crippen molar-refractivity contribution in [2.45, 2.75) is 240 Å². The Morgan fingerprint density at radius 1 is 0.323 bits per heavy atom. The topological polar surface area (TPSA) is 70.0 Å². The summed E-state index contributed by atoms with van der Waals surface area (Å²) in [4.78, 5) is 0. The molecule has 4 rings (SSSR count). The summed E-state index contributed by atoms with van der Waals surface area (Å²) >= 11 is 0. The van der Waals surface area contributed by atoms with E-state index in [1.54, 1.807) is 0 Å². The van der Waals surface area contributed by atoms with Gasteiger partial charge in [-0.05, 0) is 98.5 Å². The maximum absolute atomic E-state index is 5.94. The van der Waals surface area contributed by atoms with Crippen molar-refractivity contribution in [2.75, 3.05) is 13.2 Å². The Morgan fingerprint density at radius 3 is 0.908 bits per heavy atom. The second-order valence-electron chi connectivity index (χ2n) is 18.9. The Balaban J connectivity index is 0.000000345. The van der Waals surface area contributed by atoms with Crippen LogP contribution in [-0.4, -0.2) is 33.6 Å². The van der Waals surface area contributed by atoms with Crippen LogP contribution in [0.25, 0.3) is 22.5 Å². The molecular formula is C59H94N4O2. The molecule has 0 radical (unpaired) electrons. The number of benzene rings is 2. The molecular weight excluding hydrogens is 797 g/mol. The van der Waals surface area contributed by atoms with Crippen LogP contribution in [-0.2, 0) is 0 Å². The third-order valence-corrected chi connectivity index (χ3v) is 12.9. The first kappa shape index (κ1) is 55.5. The number of rotatable bonds is 37. The largest absolute Gasteiger partial charge is 0.494 e. The van der Waals surface area contributed by atoms with E-state index in [0.29, 0.717) is 11.8 Å². The number of aromatic nitrogens is 4. The van der Waals surface area contributed by atoms with Crippen molar-refractivity contribution in [2.24, 2.45) is 0 Å². The standard InChI is InChI=1S/C30H48N2O.C29H46N2O/c1-4-6-8-10-11-12-13-14-15-17-25-33-28-21-19-27(20-22-28)30-24-23-29(31-32-30)26(3)18-16-9-7-5-2;1-4-6-8-10-11-12-13-14-16-24-32-27-20-18-26(19-21-27)29-23-22-28(30-31-29)25(3)17-15-9-7-5-2/h19-24,26H,4-18,25H2,1-3H3;18-23,25H,4-17,24H2,1-3H3. The summed E-state index contributed by atoms with van der Waals surface area (Å²) in [5.74, 6) is 2.84. The van der Waals surface area contributed by atoms with E-state index >= 15 is 0 Å². The number of ether oxygens (including phenoxy) is 2. The van der Waals surface area contributed by atoms with E-state index in [4.69, 9.17) is 9.47 Å². The lowest BCUT2D eigenvalue weighted by atomic mass is 9.99. The van der Waals surface area contributed by atoms with Crippen LogP contribution >= 0.6 is 0 Å². The normalized spacial score (nSPS) is 12.1. The maximum atomic E-state index is 5.94. The molecule has 6 heteroatoms. The van der Waals surface area contributed by atoms with Gasteiger partial charge in [-0.3, -0.25) is 0 Å². The minimum atomic E-state index is 0.477. The summed E-state index contributed by atoms with van der Waals surface area (Å²) in [6.45, 7) is 15.2. The Labute approximate surface area is 399 Å². The summed E-state index contributed by atoms with van der Waals surface area (Å²) in [6.07, 6.45) is 38.3. The highest BCUT2D eigenvalue weighted by Gasteiger charge is 2.11. The molecule has 65 heavy (non-hydrogen) atoms. The van der Waals surface area contributed by atoms with Crippen LogP contribution in [0, 0.1) is 0 Å². The summed E-state index contributed by atoms with van der Waals surface area (Å²) in [5, 5.41) is 18.0. The van der Waals surface area contributed by atoms with Crippen molar-refractivity contribution in [1.29, 1.82) is 0 Å². The number of unbranched alkanes of at least 4 members (excludes halogenated alkanes) is 23. The smallest absolute Gasteiger partial charge is 0.119 e. The predicted octanol–water partition coefficient (Wildman–Crippen LogP) is 18.6. The lowest BCUT2D eigenvalue weighted by molar-refractivity contribution is 0.304. The fourth-order valence-corrected chi connectivity index (χ4v) is 8.40. The second kappa shape index (κ2) is 37.3. The first-order valence-electron chi connectivity index (χ1n) is 27.1. The van der Waals surface area contributed by atoms with Gasteiger partial charge < -0.3 is 9.47 Å². The quantitative estimate of drug-likeness (QED) is 0.0420. The van der Waals surface area contributed by atoms with Gasteiger partial charge in [-0.15, -0.1) is 0 Å². The second-order valence-corrected chi connectivity index (χ2v) is 18.9. The highest BCUT2D eigenvalue weighted by molar-refractivity contribution is 5.60. The van der Waals surface area contributed by atoms with Gasteiger partial charge in [0.25, 0.3) is 0 Å². The zero-order valence-corrected chi connectivity index (χ0v) is 42.6. The molecule has 362 valence electrons. The third kappa shape index (κ3) is 25.6. The molecule has 2 aromatic carbocycles. The van der Waals surface area contributed by atoms with Crippen molar-refractivity contribution in [3.8, 4) is 34.0 Å². The van der Waals surface area contributed by atoms with Gasteiger partial charge in [0, 0.05) is 23.0 Å². The van der Waals surface area contributed by atoms with Gasteiger partial charge >= 0.3 is 0 Å². The molecule has 2 unspecified atom stereocenters. The lowest BCUT2D eigenvalue weighted by Gasteiger charge is -2.11. The molecule has 0 saturated carbocycles. The number of nitrogens with zero attached hydrogens (tertiary/aromatic N) is 4. The average molecular weight is 891 g/mol. The number of hydrogen-bond acceptors (Lipinski definition) is 6. The van der Waals surface area contributed by atoms with E-state index in [-0.39, 0.29) is 0 Å². The Bertz CT molecular complexity index is 1660. The minimum Gasteiger partial charge on any atom is -0.494 e. The van der Waals surface area contributed by atoms with Gasteiger partial charge in [0.1, 0.15) is 11.5 Å². The van der Waals surface area contributed by atoms with Crippen LogP contribution in [0.5, 0.6) is 11.5 Å². The molecule has 0 spiro atoms. The molecule has 0 aliphatic carbocycles. The molecule has 0 saturated heterocycles. The highest BCUT2D eigenvalue weighted by Crippen LogP contribution is 2.26. The van der Waals surface area contributed by atoms with Crippen molar-refractivity contribution >= 4 is 0 Å². The van der Waals surface area contributed by atoms with Crippen molar-refractivity contribution in [3.05, 3.63) is 84.2 Å². The molecule has 2 aromatic heterocycles. The molecule has 6 nitrogen and oxygen atoms in total. The summed E-state index contributed by atoms with van der Waals surface area (Å²) in [6, 6.07) is 25.0. The van der Waals surface area contributed by atoms with E-state index in [1.807, 2.05) is 0 Å². The van der Waals surface area contributed by atoms with E-state index in [9.17, 15) is 0 Å². The molecule has 0 N–H and O–H groups in total. The molecule has 0 aliphatic heterocycles. The van der Waals surface area contributed by atoms with Gasteiger partial charge in [-0.2, -0.15) is 20.4 Å². The van der Waals surface area contributed by atoms with E-state index in [0.717, 1.165) is 71.5 Å². The lowest BCUT2D eigenvalue weighted by Crippen LogP contribution is -2.00. The fraction of sp³-hybridized carbons (Fsp3) is 0.661. The monoisotopic (exact) mass is 891 g/mol. The van der Waals surface area contributed by atoms with Crippen molar-refractivity contribution in [1.82, 2.24) is 20.4 Å². The zero-order chi connectivity index (χ0) is 46.4. The molecule has 2 atom stereocenters.